The number of anilines is 1. The maximum Gasteiger partial charge on any atom is 0.418 e. The smallest absolute Gasteiger partial charge is 0.371 e. The van der Waals surface area contributed by atoms with Crippen LogP contribution in [-0.2, 0) is 6.18 Å². The zero-order valence-electron chi connectivity index (χ0n) is 12.7. The van der Waals surface area contributed by atoms with Crippen LogP contribution >= 0.6 is 0 Å². The van der Waals surface area contributed by atoms with E-state index in [4.69, 9.17) is 5.73 Å². The molecule has 1 aromatic heterocycles. The van der Waals surface area contributed by atoms with Crippen molar-refractivity contribution in [3.63, 3.8) is 0 Å². The zero-order chi connectivity index (χ0) is 17.3. The molecule has 0 unspecified atom stereocenters. The molecule has 0 saturated carbocycles. The number of nitrogens with one attached hydrogen (secondary N) is 1. The van der Waals surface area contributed by atoms with Crippen LogP contribution in [0.3, 0.4) is 0 Å². The molecule has 1 aromatic carbocycles. The molecule has 0 aliphatic carbocycles. The van der Waals surface area contributed by atoms with Crippen LogP contribution < -0.4 is 10.6 Å². The van der Waals surface area contributed by atoms with Gasteiger partial charge in [-0.05, 0) is 31.4 Å². The monoisotopic (exact) mass is 339 g/mol. The van der Waals surface area contributed by atoms with Crippen molar-refractivity contribution in [1.82, 2.24) is 15.4 Å². The molecular weight excluding hydrogens is 323 g/mol. The van der Waals surface area contributed by atoms with Gasteiger partial charge in [0.2, 0.25) is 0 Å². The molecule has 1 saturated heterocycles. The predicted octanol–water partition coefficient (Wildman–Crippen LogP) is 2.58. The number of piperidine rings is 1. The lowest BCUT2D eigenvalue weighted by molar-refractivity contribution is -0.137. The molecule has 9 heteroatoms. The SMILES string of the molecule is NC(=O)c1n[nH]nc1-c1ccc(N2CCCCC2)c(C(F)(F)F)c1. The Balaban J connectivity index is 2.07. The van der Waals surface area contributed by atoms with Crippen LogP contribution in [0.2, 0.25) is 0 Å². The highest BCUT2D eigenvalue weighted by Gasteiger charge is 2.36. The van der Waals surface area contributed by atoms with E-state index in [-0.39, 0.29) is 22.6 Å². The fourth-order valence-electron chi connectivity index (χ4n) is 2.92. The summed E-state index contributed by atoms with van der Waals surface area (Å²) in [6.45, 7) is 1.19. The topological polar surface area (TPSA) is 87.9 Å². The molecule has 0 radical (unpaired) electrons. The number of primary amides is 1. The molecule has 2 aromatic rings. The van der Waals surface area contributed by atoms with Crippen molar-refractivity contribution in [2.24, 2.45) is 5.73 Å². The van der Waals surface area contributed by atoms with Gasteiger partial charge in [0.25, 0.3) is 5.91 Å². The zero-order valence-corrected chi connectivity index (χ0v) is 12.7. The second-order valence-electron chi connectivity index (χ2n) is 5.66. The highest BCUT2D eigenvalue weighted by atomic mass is 19.4. The average molecular weight is 339 g/mol. The molecule has 0 bridgehead atoms. The van der Waals surface area contributed by atoms with Gasteiger partial charge in [0.1, 0.15) is 5.69 Å². The Bertz CT molecular complexity index is 750. The van der Waals surface area contributed by atoms with Gasteiger partial charge in [0.05, 0.1) is 5.56 Å². The second kappa shape index (κ2) is 6.14. The van der Waals surface area contributed by atoms with E-state index in [2.05, 4.69) is 15.4 Å². The van der Waals surface area contributed by atoms with E-state index < -0.39 is 17.6 Å². The van der Waals surface area contributed by atoms with Gasteiger partial charge in [-0.2, -0.15) is 28.6 Å². The molecule has 0 atom stereocenters. The summed E-state index contributed by atoms with van der Waals surface area (Å²) < 4.78 is 40.6. The van der Waals surface area contributed by atoms with Crippen LogP contribution in [0.4, 0.5) is 18.9 Å². The molecule has 24 heavy (non-hydrogen) atoms. The van der Waals surface area contributed by atoms with Gasteiger partial charge in [-0.15, -0.1) is 0 Å². The van der Waals surface area contributed by atoms with E-state index in [1.165, 1.54) is 12.1 Å². The van der Waals surface area contributed by atoms with Crippen molar-refractivity contribution in [2.75, 3.05) is 18.0 Å². The third-order valence-electron chi connectivity index (χ3n) is 4.05. The maximum atomic E-state index is 13.5. The van der Waals surface area contributed by atoms with E-state index >= 15 is 0 Å². The Labute approximate surface area is 135 Å². The lowest BCUT2D eigenvalue weighted by atomic mass is 10.0. The molecule has 1 amide bonds. The van der Waals surface area contributed by atoms with Gasteiger partial charge in [-0.1, -0.05) is 6.07 Å². The van der Waals surface area contributed by atoms with Crippen molar-refractivity contribution in [3.05, 3.63) is 29.5 Å². The molecule has 0 spiro atoms. The van der Waals surface area contributed by atoms with Gasteiger partial charge in [0.15, 0.2) is 5.69 Å². The van der Waals surface area contributed by atoms with E-state index in [9.17, 15) is 18.0 Å². The number of halogens is 3. The summed E-state index contributed by atoms with van der Waals surface area (Å²) in [7, 11) is 0. The van der Waals surface area contributed by atoms with Crippen molar-refractivity contribution >= 4 is 11.6 Å². The number of carbonyl (C=O) groups excluding carboxylic acids is 1. The second-order valence-corrected chi connectivity index (χ2v) is 5.66. The van der Waals surface area contributed by atoms with E-state index in [1.807, 2.05) is 0 Å². The van der Waals surface area contributed by atoms with Gasteiger partial charge in [0, 0.05) is 24.3 Å². The fourth-order valence-corrected chi connectivity index (χ4v) is 2.92. The molecular formula is C15H16F3N5O. The number of carbonyl (C=O) groups is 1. The number of nitrogens with two attached hydrogens (primary N) is 1. The van der Waals surface area contributed by atoms with Crippen LogP contribution in [0, 0.1) is 0 Å². The summed E-state index contributed by atoms with van der Waals surface area (Å²) in [5.74, 6) is -0.854. The first-order valence-corrected chi connectivity index (χ1v) is 7.55. The number of hydrogen-bond acceptors (Lipinski definition) is 4. The summed E-state index contributed by atoms with van der Waals surface area (Å²) in [5, 5.41) is 9.57. The van der Waals surface area contributed by atoms with E-state index in [1.54, 1.807) is 4.90 Å². The number of nitrogens with zero attached hydrogens (tertiary/aromatic N) is 3. The van der Waals surface area contributed by atoms with Crippen molar-refractivity contribution in [3.8, 4) is 11.3 Å². The molecule has 3 N–H and O–H groups in total. The Kier molecular flexibility index (Phi) is 4.16. The number of aromatic amines is 1. The third kappa shape index (κ3) is 3.06. The van der Waals surface area contributed by atoms with Gasteiger partial charge < -0.3 is 10.6 Å². The quantitative estimate of drug-likeness (QED) is 0.900. The highest BCUT2D eigenvalue weighted by Crippen LogP contribution is 2.39. The van der Waals surface area contributed by atoms with Crippen molar-refractivity contribution < 1.29 is 18.0 Å². The number of H-pyrrole nitrogens is 1. The van der Waals surface area contributed by atoms with Gasteiger partial charge in [-0.3, -0.25) is 4.79 Å². The molecule has 128 valence electrons. The average Bonchev–Trinajstić information content (AvgIpc) is 3.04. The lowest BCUT2D eigenvalue weighted by Crippen LogP contribution is -2.31. The number of amides is 1. The maximum absolute atomic E-state index is 13.5. The summed E-state index contributed by atoms with van der Waals surface area (Å²) in [6.07, 6.45) is -1.75. The minimum absolute atomic E-state index is 0.0122. The molecule has 2 heterocycles. The number of alkyl halides is 3. The van der Waals surface area contributed by atoms with Gasteiger partial charge >= 0.3 is 6.18 Å². The lowest BCUT2D eigenvalue weighted by Gasteiger charge is -2.31. The number of rotatable bonds is 3. The minimum Gasteiger partial charge on any atom is -0.371 e. The number of hydrogen-bond donors (Lipinski definition) is 2. The van der Waals surface area contributed by atoms with Crippen LogP contribution in [-0.4, -0.2) is 34.4 Å². The van der Waals surface area contributed by atoms with Crippen LogP contribution in [0.5, 0.6) is 0 Å². The normalized spacial score (nSPS) is 15.5. The molecule has 6 nitrogen and oxygen atoms in total. The van der Waals surface area contributed by atoms with Crippen LogP contribution in [0.25, 0.3) is 11.3 Å². The summed E-state index contributed by atoms with van der Waals surface area (Å²) in [5.41, 5.74) is 4.54. The van der Waals surface area contributed by atoms with E-state index in [0.29, 0.717) is 13.1 Å². The van der Waals surface area contributed by atoms with Gasteiger partial charge in [-0.25, -0.2) is 0 Å². The first-order chi connectivity index (χ1) is 11.4. The Morgan fingerprint density at radius 3 is 2.50 bits per heavy atom. The fraction of sp³-hybridized carbons (Fsp3) is 0.400. The number of benzene rings is 1. The van der Waals surface area contributed by atoms with Crippen molar-refractivity contribution in [1.29, 1.82) is 0 Å². The van der Waals surface area contributed by atoms with Crippen LogP contribution in [0.1, 0.15) is 35.3 Å². The Morgan fingerprint density at radius 2 is 1.88 bits per heavy atom. The minimum atomic E-state index is -4.51. The summed E-state index contributed by atoms with van der Waals surface area (Å²) in [4.78, 5) is 13.1. The highest BCUT2D eigenvalue weighted by molar-refractivity contribution is 5.96. The largest absolute Gasteiger partial charge is 0.418 e. The first kappa shape index (κ1) is 16.3. The molecule has 1 aliphatic heterocycles. The van der Waals surface area contributed by atoms with Crippen LogP contribution in [0.15, 0.2) is 18.2 Å². The standard InChI is InChI=1S/C15H16F3N5O/c16-15(17,18)10-8-9(12-13(14(19)24)21-22-20-12)4-5-11(10)23-6-2-1-3-7-23/h4-5,8H,1-3,6-7H2,(H2,19,24)(H,20,21,22). The van der Waals surface area contributed by atoms with E-state index in [0.717, 1.165) is 25.3 Å². The number of aromatic nitrogens is 3. The Morgan fingerprint density at radius 1 is 1.17 bits per heavy atom. The van der Waals surface area contributed by atoms with Crippen molar-refractivity contribution in [2.45, 2.75) is 25.4 Å². The summed E-state index contributed by atoms with van der Waals surface area (Å²) in [6, 6.07) is 3.92. The molecule has 1 fully saturated rings. The summed E-state index contributed by atoms with van der Waals surface area (Å²) >= 11 is 0. The Hall–Kier alpha value is -2.58. The molecule has 3 rings (SSSR count). The first-order valence-electron chi connectivity index (χ1n) is 7.55. The molecule has 1 aliphatic rings. The third-order valence-corrected chi connectivity index (χ3v) is 4.05. The predicted molar refractivity (Wildman–Crippen MR) is 81.4 cm³/mol.